The van der Waals surface area contributed by atoms with Crippen LogP contribution in [0.25, 0.3) is 0 Å². The average molecular weight is 286 g/mol. The number of hydrogen-bond acceptors (Lipinski definition) is 3. The Morgan fingerprint density at radius 3 is 2.40 bits per heavy atom. The summed E-state index contributed by atoms with van der Waals surface area (Å²) in [6.45, 7) is 5.50. The molecule has 2 N–H and O–H groups in total. The Bertz CT molecular complexity index is 399. The van der Waals surface area contributed by atoms with Gasteiger partial charge in [0.25, 0.3) is 0 Å². The molecule has 0 saturated carbocycles. The summed E-state index contributed by atoms with van der Waals surface area (Å²) in [7, 11) is 0. The van der Waals surface area contributed by atoms with E-state index in [1.165, 1.54) is 0 Å². The SMILES string of the molecule is CCN(CC(C)C)C(CN)c1ccccc1OC(F)F. The van der Waals surface area contributed by atoms with E-state index in [1.54, 1.807) is 18.2 Å². The summed E-state index contributed by atoms with van der Waals surface area (Å²) in [5.74, 6) is 0.687. The van der Waals surface area contributed by atoms with Crippen molar-refractivity contribution in [2.45, 2.75) is 33.4 Å². The highest BCUT2D eigenvalue weighted by atomic mass is 19.3. The maximum atomic E-state index is 12.5. The van der Waals surface area contributed by atoms with Crippen molar-refractivity contribution in [1.82, 2.24) is 4.90 Å². The second-order valence-electron chi connectivity index (χ2n) is 5.15. The molecular weight excluding hydrogens is 262 g/mol. The van der Waals surface area contributed by atoms with Crippen LogP contribution in [0, 0.1) is 5.92 Å². The van der Waals surface area contributed by atoms with Crippen molar-refractivity contribution in [3.8, 4) is 5.75 Å². The molecule has 0 saturated heterocycles. The van der Waals surface area contributed by atoms with Crippen LogP contribution >= 0.6 is 0 Å². The minimum atomic E-state index is -2.82. The van der Waals surface area contributed by atoms with Gasteiger partial charge in [-0.3, -0.25) is 4.90 Å². The molecule has 0 radical (unpaired) electrons. The summed E-state index contributed by atoms with van der Waals surface area (Å²) in [5.41, 5.74) is 6.59. The lowest BCUT2D eigenvalue weighted by Crippen LogP contribution is -2.36. The van der Waals surface area contributed by atoms with E-state index >= 15 is 0 Å². The zero-order valence-corrected chi connectivity index (χ0v) is 12.4. The first-order valence-electron chi connectivity index (χ1n) is 6.97. The van der Waals surface area contributed by atoms with Crippen LogP contribution < -0.4 is 10.5 Å². The zero-order chi connectivity index (χ0) is 15.1. The number of halogens is 2. The minimum Gasteiger partial charge on any atom is -0.434 e. The molecule has 1 atom stereocenters. The number of para-hydroxylation sites is 1. The van der Waals surface area contributed by atoms with Crippen molar-refractivity contribution in [3.63, 3.8) is 0 Å². The van der Waals surface area contributed by atoms with Gasteiger partial charge in [0.05, 0.1) is 6.04 Å². The second kappa shape index (κ2) is 8.17. The normalized spacial score (nSPS) is 13.2. The fourth-order valence-electron chi connectivity index (χ4n) is 2.38. The van der Waals surface area contributed by atoms with E-state index in [1.807, 2.05) is 13.0 Å². The molecule has 1 aromatic rings. The number of hydrogen-bond donors (Lipinski definition) is 1. The monoisotopic (exact) mass is 286 g/mol. The van der Waals surface area contributed by atoms with Gasteiger partial charge in [0.2, 0.25) is 0 Å². The van der Waals surface area contributed by atoms with Gasteiger partial charge in [0.15, 0.2) is 0 Å². The van der Waals surface area contributed by atoms with E-state index in [9.17, 15) is 8.78 Å². The molecule has 0 heterocycles. The quantitative estimate of drug-likeness (QED) is 0.797. The molecule has 1 unspecified atom stereocenters. The summed E-state index contributed by atoms with van der Waals surface area (Å²) in [6.07, 6.45) is 0. The van der Waals surface area contributed by atoms with Crippen molar-refractivity contribution in [2.24, 2.45) is 11.7 Å². The van der Waals surface area contributed by atoms with Crippen molar-refractivity contribution >= 4 is 0 Å². The molecule has 0 amide bonds. The first-order chi connectivity index (χ1) is 9.49. The molecule has 0 aromatic heterocycles. The maximum Gasteiger partial charge on any atom is 0.387 e. The summed E-state index contributed by atoms with van der Waals surface area (Å²) in [6, 6.07) is 6.76. The van der Waals surface area contributed by atoms with Crippen molar-refractivity contribution < 1.29 is 13.5 Å². The third kappa shape index (κ3) is 4.72. The maximum absolute atomic E-state index is 12.5. The molecule has 3 nitrogen and oxygen atoms in total. The van der Waals surface area contributed by atoms with Crippen molar-refractivity contribution in [1.29, 1.82) is 0 Å². The molecular formula is C15H24F2N2O. The molecule has 1 aromatic carbocycles. The fraction of sp³-hybridized carbons (Fsp3) is 0.600. The number of nitrogens with zero attached hydrogens (tertiary/aromatic N) is 1. The van der Waals surface area contributed by atoms with Crippen molar-refractivity contribution in [2.75, 3.05) is 19.6 Å². The Labute approximate surface area is 119 Å². The molecule has 114 valence electrons. The van der Waals surface area contributed by atoms with Gasteiger partial charge in [0.1, 0.15) is 5.75 Å². The van der Waals surface area contributed by atoms with Gasteiger partial charge in [-0.1, -0.05) is 39.0 Å². The molecule has 0 aliphatic heterocycles. The van der Waals surface area contributed by atoms with Gasteiger partial charge in [0, 0.05) is 18.7 Å². The first kappa shape index (κ1) is 16.9. The van der Waals surface area contributed by atoms with E-state index < -0.39 is 6.61 Å². The Kier molecular flexibility index (Phi) is 6.88. The van der Waals surface area contributed by atoms with Gasteiger partial charge in [-0.25, -0.2) is 0 Å². The third-order valence-electron chi connectivity index (χ3n) is 3.16. The number of likely N-dealkylation sites (N-methyl/N-ethyl adjacent to an activating group) is 1. The Morgan fingerprint density at radius 2 is 1.90 bits per heavy atom. The first-order valence-corrected chi connectivity index (χ1v) is 6.97. The van der Waals surface area contributed by atoms with Crippen LogP contribution in [0.5, 0.6) is 5.75 Å². The minimum absolute atomic E-state index is 0.114. The molecule has 1 rings (SSSR count). The second-order valence-corrected chi connectivity index (χ2v) is 5.15. The van der Waals surface area contributed by atoms with E-state index in [2.05, 4.69) is 23.5 Å². The third-order valence-corrected chi connectivity index (χ3v) is 3.16. The van der Waals surface area contributed by atoms with Crippen LogP contribution in [0.3, 0.4) is 0 Å². The number of alkyl halides is 2. The van der Waals surface area contributed by atoms with Gasteiger partial charge in [-0.2, -0.15) is 8.78 Å². The Hall–Kier alpha value is -1.20. The lowest BCUT2D eigenvalue weighted by molar-refractivity contribution is -0.0512. The molecule has 0 fully saturated rings. The molecule has 0 aliphatic rings. The van der Waals surface area contributed by atoms with E-state index in [0.717, 1.165) is 18.7 Å². The van der Waals surface area contributed by atoms with Crippen LogP contribution in [0.4, 0.5) is 8.78 Å². The molecule has 0 aliphatic carbocycles. The largest absolute Gasteiger partial charge is 0.434 e. The molecule has 0 bridgehead atoms. The number of benzene rings is 1. The number of rotatable bonds is 8. The molecule has 20 heavy (non-hydrogen) atoms. The van der Waals surface area contributed by atoms with Gasteiger partial charge in [-0.15, -0.1) is 0 Å². The highest BCUT2D eigenvalue weighted by molar-refractivity contribution is 5.36. The smallest absolute Gasteiger partial charge is 0.387 e. The Balaban J connectivity index is 3.04. The van der Waals surface area contributed by atoms with Gasteiger partial charge < -0.3 is 10.5 Å². The predicted octanol–water partition coefficient (Wildman–Crippen LogP) is 3.27. The number of nitrogens with two attached hydrogens (primary N) is 1. The average Bonchev–Trinajstić information content (AvgIpc) is 2.39. The summed E-state index contributed by atoms with van der Waals surface area (Å²) < 4.78 is 29.6. The van der Waals surface area contributed by atoms with Crippen LogP contribution in [-0.2, 0) is 0 Å². The van der Waals surface area contributed by atoms with Crippen LogP contribution in [0.15, 0.2) is 24.3 Å². The molecule has 5 heteroatoms. The summed E-state index contributed by atoms with van der Waals surface area (Å²) in [5, 5.41) is 0. The van der Waals surface area contributed by atoms with Gasteiger partial charge >= 0.3 is 6.61 Å². The van der Waals surface area contributed by atoms with E-state index in [0.29, 0.717) is 12.5 Å². The fourth-order valence-corrected chi connectivity index (χ4v) is 2.38. The van der Waals surface area contributed by atoms with Crippen LogP contribution in [0.2, 0.25) is 0 Å². The predicted molar refractivity (Wildman–Crippen MR) is 77.0 cm³/mol. The summed E-state index contributed by atoms with van der Waals surface area (Å²) in [4.78, 5) is 2.19. The Morgan fingerprint density at radius 1 is 1.25 bits per heavy atom. The topological polar surface area (TPSA) is 38.5 Å². The number of ether oxygens (including phenoxy) is 1. The lowest BCUT2D eigenvalue weighted by atomic mass is 10.0. The summed E-state index contributed by atoms with van der Waals surface area (Å²) >= 11 is 0. The van der Waals surface area contributed by atoms with E-state index in [4.69, 9.17) is 5.73 Å². The standard InChI is InChI=1S/C15H24F2N2O/c1-4-19(10-11(2)3)13(9-18)12-7-5-6-8-14(12)20-15(16)17/h5-8,11,13,15H,4,9-10,18H2,1-3H3. The molecule has 0 spiro atoms. The zero-order valence-electron chi connectivity index (χ0n) is 12.4. The van der Waals surface area contributed by atoms with Crippen LogP contribution in [0.1, 0.15) is 32.4 Å². The van der Waals surface area contributed by atoms with Gasteiger partial charge in [-0.05, 0) is 18.5 Å². The van der Waals surface area contributed by atoms with Crippen molar-refractivity contribution in [3.05, 3.63) is 29.8 Å². The highest BCUT2D eigenvalue weighted by Crippen LogP contribution is 2.30. The highest BCUT2D eigenvalue weighted by Gasteiger charge is 2.22. The van der Waals surface area contributed by atoms with Crippen LogP contribution in [-0.4, -0.2) is 31.1 Å². The lowest BCUT2D eigenvalue weighted by Gasteiger charge is -2.32. The van der Waals surface area contributed by atoms with E-state index in [-0.39, 0.29) is 11.8 Å².